The van der Waals surface area contributed by atoms with E-state index in [2.05, 4.69) is 9.71 Å². The molecule has 1 aliphatic rings. The van der Waals surface area contributed by atoms with Gasteiger partial charge in [0.05, 0.1) is 18.8 Å². The summed E-state index contributed by atoms with van der Waals surface area (Å²) in [6.07, 6.45) is 1.22. The summed E-state index contributed by atoms with van der Waals surface area (Å²) in [5.41, 5.74) is 5.66. The number of nitrogens with zero attached hydrogens (tertiary/aromatic N) is 2. The number of nitrogens with one attached hydrogen (secondary N) is 1. The molecule has 7 nitrogen and oxygen atoms in total. The lowest BCUT2D eigenvalue weighted by atomic mass is 10.1. The fourth-order valence-corrected chi connectivity index (χ4v) is 3.59. The van der Waals surface area contributed by atoms with Crippen molar-refractivity contribution in [3.63, 3.8) is 0 Å². The van der Waals surface area contributed by atoms with E-state index < -0.39 is 28.0 Å². The molecule has 1 aromatic rings. The van der Waals surface area contributed by atoms with Crippen LogP contribution in [0.3, 0.4) is 0 Å². The third-order valence-corrected chi connectivity index (χ3v) is 5.89. The van der Waals surface area contributed by atoms with Gasteiger partial charge in [0, 0.05) is 35.9 Å². The molecule has 1 aliphatic heterocycles. The van der Waals surface area contributed by atoms with Gasteiger partial charge in [-0.25, -0.2) is 14.2 Å². The van der Waals surface area contributed by atoms with Crippen LogP contribution in [0.1, 0.15) is 45.7 Å². The summed E-state index contributed by atoms with van der Waals surface area (Å²) in [4.78, 5) is 17.1. The topological polar surface area (TPSA) is 104 Å². The summed E-state index contributed by atoms with van der Waals surface area (Å²) < 4.78 is 33.7. The highest BCUT2D eigenvalue weighted by Gasteiger charge is 2.31. The lowest BCUT2D eigenvalue weighted by Crippen LogP contribution is -2.41. The molecule has 0 saturated carbocycles. The molecule has 1 fully saturated rings. The number of nitrogens with two attached hydrogens (primary N) is 1. The molecule has 0 bridgehead atoms. The van der Waals surface area contributed by atoms with Crippen molar-refractivity contribution in [3.8, 4) is 0 Å². The maximum Gasteiger partial charge on any atom is 0.404 e. The van der Waals surface area contributed by atoms with Gasteiger partial charge < -0.3 is 19.9 Å². The smallest absolute Gasteiger partial charge is 0.404 e. The van der Waals surface area contributed by atoms with Crippen molar-refractivity contribution in [2.24, 2.45) is 11.7 Å². The Kier molecular flexibility index (Phi) is 6.70. The van der Waals surface area contributed by atoms with Crippen molar-refractivity contribution < 1.29 is 18.5 Å². The Labute approximate surface area is 156 Å². The first-order valence-corrected chi connectivity index (χ1v) is 9.73. The van der Waals surface area contributed by atoms with Crippen LogP contribution in [0.25, 0.3) is 0 Å². The minimum absolute atomic E-state index is 0.147. The number of carbonyl (C=O) groups is 1. The standard InChI is InChI=1S/C17H27FN4O3S/c1-11(21-26(24)17(2,3)4)14-7-13(18)8-20-15(14)22-6-5-12(9-22)10-25-16(19)23/h7-8,11-12,21H,5-6,9-10H2,1-4H3,(H2,19,23)/t11?,12?,26-/m1/s1. The van der Waals surface area contributed by atoms with Crippen LogP contribution < -0.4 is 15.4 Å². The molecule has 0 spiro atoms. The Balaban J connectivity index is 2.14. The maximum atomic E-state index is 13.8. The number of ether oxygens (including phenoxy) is 1. The zero-order valence-electron chi connectivity index (χ0n) is 15.6. The molecular weight excluding hydrogens is 359 g/mol. The summed E-state index contributed by atoms with van der Waals surface area (Å²) in [5.74, 6) is 0.361. The highest BCUT2D eigenvalue weighted by molar-refractivity contribution is 7.90. The number of primary amides is 1. The molecule has 3 atom stereocenters. The van der Waals surface area contributed by atoms with Gasteiger partial charge in [-0.3, -0.25) is 0 Å². The van der Waals surface area contributed by atoms with E-state index in [0.717, 1.165) is 6.42 Å². The number of hydrogen-bond donors (Lipinski definition) is 2. The van der Waals surface area contributed by atoms with Gasteiger partial charge in [0.1, 0.15) is 16.4 Å². The highest BCUT2D eigenvalue weighted by atomic mass is 32.2. The SMILES string of the molecule is CC(N[S@+]([O-])C(C)(C)C)c1cc(F)cnc1N1CCC(COC(N)=O)C1. The highest BCUT2D eigenvalue weighted by Crippen LogP contribution is 2.30. The predicted octanol–water partition coefficient (Wildman–Crippen LogP) is 2.26. The molecule has 26 heavy (non-hydrogen) atoms. The second kappa shape index (κ2) is 8.41. The van der Waals surface area contributed by atoms with Crippen molar-refractivity contribution in [2.45, 2.75) is 44.9 Å². The van der Waals surface area contributed by atoms with Crippen LogP contribution in [0.2, 0.25) is 0 Å². The van der Waals surface area contributed by atoms with Crippen LogP contribution in [0.4, 0.5) is 15.0 Å². The fraction of sp³-hybridized carbons (Fsp3) is 0.647. The van der Waals surface area contributed by atoms with E-state index in [9.17, 15) is 13.7 Å². The molecule has 2 heterocycles. The monoisotopic (exact) mass is 386 g/mol. The van der Waals surface area contributed by atoms with Crippen LogP contribution in [0, 0.1) is 11.7 Å². The predicted molar refractivity (Wildman–Crippen MR) is 99.5 cm³/mol. The first kappa shape index (κ1) is 20.7. The number of hydrogen-bond acceptors (Lipinski definition) is 6. The molecule has 2 unspecified atom stereocenters. The molecule has 9 heteroatoms. The third-order valence-electron chi connectivity index (χ3n) is 4.21. The number of pyridine rings is 1. The first-order chi connectivity index (χ1) is 12.1. The van der Waals surface area contributed by atoms with E-state index in [1.54, 1.807) is 0 Å². The van der Waals surface area contributed by atoms with Crippen LogP contribution in [0.15, 0.2) is 12.3 Å². The molecular formula is C17H27FN4O3S. The first-order valence-electron chi connectivity index (χ1n) is 8.58. The van der Waals surface area contributed by atoms with E-state index in [4.69, 9.17) is 10.5 Å². The van der Waals surface area contributed by atoms with Crippen molar-refractivity contribution in [3.05, 3.63) is 23.6 Å². The van der Waals surface area contributed by atoms with E-state index in [1.165, 1.54) is 12.3 Å². The molecule has 1 aromatic heterocycles. The molecule has 0 radical (unpaired) electrons. The number of anilines is 1. The second-order valence-electron chi connectivity index (χ2n) is 7.52. The van der Waals surface area contributed by atoms with Crippen molar-refractivity contribution in [1.29, 1.82) is 0 Å². The van der Waals surface area contributed by atoms with Gasteiger partial charge in [0.2, 0.25) is 0 Å². The molecule has 2 rings (SSSR count). The fourth-order valence-electron chi connectivity index (χ4n) is 2.79. The number of rotatable bonds is 6. The van der Waals surface area contributed by atoms with Gasteiger partial charge in [0.25, 0.3) is 0 Å². The average Bonchev–Trinajstić information content (AvgIpc) is 3.00. The summed E-state index contributed by atoms with van der Waals surface area (Å²) >= 11 is -1.29. The summed E-state index contributed by atoms with van der Waals surface area (Å²) in [6.45, 7) is 9.06. The molecule has 0 aliphatic carbocycles. The number of amides is 1. The normalized spacial score (nSPS) is 20.1. The van der Waals surface area contributed by atoms with Crippen molar-refractivity contribution in [2.75, 3.05) is 24.6 Å². The summed E-state index contributed by atoms with van der Waals surface area (Å²) in [6, 6.07) is 1.08. The Hall–Kier alpha value is -1.58. The lowest BCUT2D eigenvalue weighted by molar-refractivity contribution is 0.140. The minimum atomic E-state index is -1.29. The zero-order valence-corrected chi connectivity index (χ0v) is 16.4. The Morgan fingerprint density at radius 1 is 1.62 bits per heavy atom. The molecule has 0 aromatic carbocycles. The molecule has 3 N–H and O–H groups in total. The van der Waals surface area contributed by atoms with Gasteiger partial charge in [-0.2, -0.15) is 0 Å². The van der Waals surface area contributed by atoms with Gasteiger partial charge in [-0.05, 0) is 40.2 Å². The molecule has 146 valence electrons. The minimum Gasteiger partial charge on any atom is -0.598 e. The number of carbonyl (C=O) groups excluding carboxylic acids is 1. The van der Waals surface area contributed by atoms with E-state index in [0.29, 0.717) is 24.5 Å². The van der Waals surface area contributed by atoms with E-state index in [-0.39, 0.29) is 18.6 Å². The van der Waals surface area contributed by atoms with E-state index >= 15 is 0 Å². The van der Waals surface area contributed by atoms with Crippen LogP contribution >= 0.6 is 0 Å². The Bertz CT molecular complexity index is 641. The number of aromatic nitrogens is 1. The van der Waals surface area contributed by atoms with Gasteiger partial charge in [-0.1, -0.05) is 0 Å². The Morgan fingerprint density at radius 2 is 2.31 bits per heavy atom. The van der Waals surface area contributed by atoms with Gasteiger partial charge >= 0.3 is 6.09 Å². The third kappa shape index (κ3) is 5.46. The van der Waals surface area contributed by atoms with Crippen LogP contribution in [-0.2, 0) is 16.1 Å². The van der Waals surface area contributed by atoms with Crippen LogP contribution in [-0.4, -0.2) is 40.1 Å². The zero-order chi connectivity index (χ0) is 19.5. The van der Waals surface area contributed by atoms with Crippen molar-refractivity contribution in [1.82, 2.24) is 9.71 Å². The lowest BCUT2D eigenvalue weighted by Gasteiger charge is -2.28. The van der Waals surface area contributed by atoms with Gasteiger partial charge in [-0.15, -0.1) is 4.72 Å². The largest absolute Gasteiger partial charge is 0.598 e. The quantitative estimate of drug-likeness (QED) is 0.727. The number of halogens is 1. The molecule has 1 saturated heterocycles. The molecule has 1 amide bonds. The summed E-state index contributed by atoms with van der Waals surface area (Å²) in [7, 11) is 0. The van der Waals surface area contributed by atoms with Gasteiger partial charge in [0.15, 0.2) is 0 Å². The van der Waals surface area contributed by atoms with Crippen molar-refractivity contribution >= 4 is 23.3 Å². The Morgan fingerprint density at radius 3 is 2.92 bits per heavy atom. The summed E-state index contributed by atoms with van der Waals surface area (Å²) in [5, 5.41) is 0. The average molecular weight is 386 g/mol. The van der Waals surface area contributed by atoms with E-state index in [1.807, 2.05) is 32.6 Å². The van der Waals surface area contributed by atoms with Crippen LogP contribution in [0.5, 0.6) is 0 Å². The second-order valence-corrected chi connectivity index (χ2v) is 9.52. The maximum absolute atomic E-state index is 13.8.